The smallest absolute Gasteiger partial charge is 0.354 e. The predicted molar refractivity (Wildman–Crippen MR) is 297 cm³/mol. The van der Waals surface area contributed by atoms with Crippen LogP contribution < -0.4 is 20.1 Å². The summed E-state index contributed by atoms with van der Waals surface area (Å²) in [5.74, 6) is -0.532. The summed E-state index contributed by atoms with van der Waals surface area (Å²) < 4.78 is 91.4. The minimum Gasteiger partial charge on any atom is -0.354 e. The van der Waals surface area contributed by atoms with E-state index in [-0.39, 0.29) is 22.4 Å². The lowest BCUT2D eigenvalue weighted by molar-refractivity contribution is -0.106. The molecule has 4 N–H and O–H groups in total. The van der Waals surface area contributed by atoms with Crippen molar-refractivity contribution in [3.05, 3.63) is 173 Å². The molecular weight excluding hydrogens is 1020 g/mol. The van der Waals surface area contributed by atoms with Crippen LogP contribution in [0.5, 0.6) is 0 Å². The Balaban J connectivity index is 0.000000175. The minimum absolute atomic E-state index is 0.0256. The number of sulfonamides is 2. The van der Waals surface area contributed by atoms with Gasteiger partial charge in [0.1, 0.15) is 0 Å². The number of benzene rings is 5. The Kier molecular flexibility index (Phi) is 16.5. The average molecular weight is 1090 g/mol. The van der Waals surface area contributed by atoms with Crippen LogP contribution in [0.25, 0.3) is 22.5 Å². The number of aromatic nitrogens is 4. The molecule has 2 aliphatic heterocycles. The fraction of sp³-hybridized carbons (Fsp3) is 0.345. The normalized spacial score (nSPS) is 17.2. The summed E-state index contributed by atoms with van der Waals surface area (Å²) in [6.07, 6.45) is 7.76. The van der Waals surface area contributed by atoms with Crippen molar-refractivity contribution in [2.45, 2.75) is 74.3 Å². The summed E-state index contributed by atoms with van der Waals surface area (Å²) in [6.45, 7) is 8.67. The topological polar surface area (TPSA) is 174 Å². The van der Waals surface area contributed by atoms with Gasteiger partial charge in [-0.25, -0.2) is 36.8 Å². The zero-order chi connectivity index (χ0) is 53.4. The third-order valence-corrected chi connectivity index (χ3v) is 17.2. The van der Waals surface area contributed by atoms with Crippen LogP contribution in [0.3, 0.4) is 0 Å². The summed E-state index contributed by atoms with van der Waals surface area (Å²) in [6, 6.07) is 39.0. The van der Waals surface area contributed by atoms with Crippen LogP contribution in [0.2, 0.25) is 0 Å². The second kappa shape index (κ2) is 23.8. The minimum atomic E-state index is -4.81. The average Bonchev–Trinajstić information content (AvgIpc) is 4.17. The van der Waals surface area contributed by atoms with Gasteiger partial charge in [0.15, 0.2) is 5.75 Å². The molecule has 5 aromatic carbocycles. The van der Waals surface area contributed by atoms with Gasteiger partial charge in [-0.15, -0.1) is 0 Å². The van der Waals surface area contributed by atoms with Gasteiger partial charge in [0.25, 0.3) is 10.0 Å². The molecule has 7 aromatic rings. The maximum atomic E-state index is 12.7. The summed E-state index contributed by atoms with van der Waals surface area (Å²) in [7, 11) is -8.17. The number of fused-ring (bicyclic) bond motifs is 6. The van der Waals surface area contributed by atoms with E-state index < -0.39 is 32.0 Å². The van der Waals surface area contributed by atoms with Crippen molar-refractivity contribution < 1.29 is 30.0 Å². The summed E-state index contributed by atoms with van der Waals surface area (Å²) in [5, 5.41) is 6.78. The molecule has 0 saturated carbocycles. The lowest BCUT2D eigenvalue weighted by atomic mass is 9.78. The second-order valence-electron chi connectivity index (χ2n) is 20.1. The number of anilines is 4. The number of alkyl halides is 3. The lowest BCUT2D eigenvalue weighted by Gasteiger charge is -2.27. The van der Waals surface area contributed by atoms with E-state index in [1.54, 1.807) is 42.5 Å². The molecule has 0 amide bonds. The second-order valence-corrected chi connectivity index (χ2v) is 23.5. The molecule has 4 heterocycles. The van der Waals surface area contributed by atoms with Crippen molar-refractivity contribution in [3.63, 3.8) is 0 Å². The molecule has 14 nitrogen and oxygen atoms in total. The van der Waals surface area contributed by atoms with E-state index in [1.807, 2.05) is 65.6 Å². The first-order chi connectivity index (χ1) is 37.2. The molecule has 11 rings (SSSR count). The van der Waals surface area contributed by atoms with Crippen molar-refractivity contribution in [1.82, 2.24) is 29.7 Å². The highest BCUT2D eigenvalue weighted by atomic mass is 32.2. The molecule has 2 atom stereocenters. The Labute approximate surface area is 449 Å². The Morgan fingerprint density at radius 2 is 0.961 bits per heavy atom. The van der Waals surface area contributed by atoms with Gasteiger partial charge in [0, 0.05) is 59.8 Å². The Bertz CT molecular complexity index is 3360. The zero-order valence-electron chi connectivity index (χ0n) is 42.7. The molecule has 402 valence electrons. The predicted octanol–water partition coefficient (Wildman–Crippen LogP) is 10.6. The molecule has 0 bridgehead atoms. The van der Waals surface area contributed by atoms with E-state index >= 15 is 0 Å². The molecule has 2 aliphatic carbocycles. The van der Waals surface area contributed by atoms with Gasteiger partial charge >= 0.3 is 6.18 Å². The van der Waals surface area contributed by atoms with E-state index in [1.165, 1.54) is 69.6 Å². The van der Waals surface area contributed by atoms with Crippen molar-refractivity contribution in [1.29, 1.82) is 0 Å². The molecule has 0 spiro atoms. The third-order valence-electron chi connectivity index (χ3n) is 14.6. The molecule has 2 saturated heterocycles. The molecule has 19 heteroatoms. The first-order valence-corrected chi connectivity index (χ1v) is 29.5. The number of nitrogens with one attached hydrogen (secondary N) is 4. The Morgan fingerprint density at radius 3 is 1.42 bits per heavy atom. The van der Waals surface area contributed by atoms with E-state index in [9.17, 15) is 30.0 Å². The number of halogens is 3. The van der Waals surface area contributed by atoms with Crippen molar-refractivity contribution in [3.8, 4) is 22.5 Å². The van der Waals surface area contributed by atoms with Crippen LogP contribution in [0.15, 0.2) is 145 Å². The molecule has 2 aromatic heterocycles. The summed E-state index contributed by atoms with van der Waals surface area (Å²) >= 11 is 0. The molecular formula is C58H63F3N10O4S2. The fourth-order valence-corrected chi connectivity index (χ4v) is 12.9. The van der Waals surface area contributed by atoms with Crippen LogP contribution in [-0.4, -0.2) is 111 Å². The van der Waals surface area contributed by atoms with Crippen LogP contribution in [0, 0.1) is 0 Å². The van der Waals surface area contributed by atoms with Crippen LogP contribution >= 0.6 is 0 Å². The highest BCUT2D eigenvalue weighted by Crippen LogP contribution is 2.44. The first-order valence-electron chi connectivity index (χ1n) is 26.4. The van der Waals surface area contributed by atoms with Gasteiger partial charge in [0.2, 0.25) is 21.9 Å². The van der Waals surface area contributed by atoms with Gasteiger partial charge in [-0.3, -0.25) is 9.44 Å². The lowest BCUT2D eigenvalue weighted by Crippen LogP contribution is -2.27. The van der Waals surface area contributed by atoms with Gasteiger partial charge in [-0.1, -0.05) is 91.0 Å². The maximum Gasteiger partial charge on any atom is 0.404 e. The molecule has 2 fully saturated rings. The van der Waals surface area contributed by atoms with Gasteiger partial charge in [0.05, 0.1) is 16.3 Å². The SMILES string of the molecule is O=S(=O)(CC(F)(F)F)Nc1ccc(C2Cc3cnc(NCCCN4CCCC4)nc3-c3ccccc32)cc1.O=S(=O)(Nc1ccc(C2Cc3cnc(NCCCN4CCCC4)nc3-c3ccccc32)cc1)c1ccccc1. The van der Waals surface area contributed by atoms with Crippen LogP contribution in [0.4, 0.5) is 36.4 Å². The number of hydrogen-bond acceptors (Lipinski definition) is 12. The summed E-state index contributed by atoms with van der Waals surface area (Å²) in [4.78, 5) is 24.2. The number of likely N-dealkylation sites (tertiary alicyclic amines) is 2. The monoisotopic (exact) mass is 1080 g/mol. The van der Waals surface area contributed by atoms with Gasteiger partial charge in [-0.05, 0) is 160 Å². The molecule has 2 unspecified atom stereocenters. The van der Waals surface area contributed by atoms with Crippen molar-refractivity contribution >= 4 is 43.3 Å². The number of rotatable bonds is 18. The van der Waals surface area contributed by atoms with E-state index in [2.05, 4.69) is 59.4 Å². The third kappa shape index (κ3) is 13.6. The quantitative estimate of drug-likeness (QED) is 0.0600. The standard InChI is InChI=1S/C31H33N5O2S.C27H30F3N5O2S/c37-39(38,26-9-2-1-3-10-26)35-25-15-13-23(14-16-25)29-21-24-22-33-31(32-17-8-20-36-18-6-7-19-36)34-30(24)28-12-5-4-11-27(28)29;28-27(29,30)18-38(36,37)34-21-10-8-19(9-11-21)24-16-20-17-32-26(31-12-5-15-35-13-3-4-14-35)33-25(20)23-7-2-1-6-22(23)24/h1-5,9-16,22,29,35H,6-8,17-21H2,(H,32,33,34);1-2,6-11,17,24,34H,3-5,12-16,18H2,(H,31,32,33). The fourth-order valence-electron chi connectivity index (χ4n) is 10.9. The van der Waals surface area contributed by atoms with Crippen LogP contribution in [0.1, 0.15) is 83.7 Å². The molecule has 4 aliphatic rings. The molecule has 0 radical (unpaired) electrons. The largest absolute Gasteiger partial charge is 0.404 e. The maximum absolute atomic E-state index is 12.7. The van der Waals surface area contributed by atoms with Crippen molar-refractivity contribution in [2.75, 3.05) is 78.2 Å². The van der Waals surface area contributed by atoms with Crippen LogP contribution in [-0.2, 0) is 32.9 Å². The Hall–Kier alpha value is -6.93. The first kappa shape index (κ1) is 53.5. The van der Waals surface area contributed by atoms with Gasteiger partial charge in [-0.2, -0.15) is 13.2 Å². The highest BCUT2D eigenvalue weighted by Gasteiger charge is 2.35. The summed E-state index contributed by atoms with van der Waals surface area (Å²) in [5.41, 5.74) is 11.1. The number of hydrogen-bond donors (Lipinski definition) is 4. The number of nitrogens with zero attached hydrogens (tertiary/aromatic N) is 6. The van der Waals surface area contributed by atoms with Gasteiger partial charge < -0.3 is 20.4 Å². The van der Waals surface area contributed by atoms with Crippen molar-refractivity contribution in [2.24, 2.45) is 0 Å². The zero-order valence-corrected chi connectivity index (χ0v) is 44.4. The highest BCUT2D eigenvalue weighted by molar-refractivity contribution is 7.93. The van der Waals surface area contributed by atoms with E-state index in [4.69, 9.17) is 9.97 Å². The van der Waals surface area contributed by atoms with E-state index in [0.29, 0.717) is 24.0 Å². The molecule has 77 heavy (non-hydrogen) atoms. The Morgan fingerprint density at radius 1 is 0.532 bits per heavy atom. The van der Waals surface area contributed by atoms with E-state index in [0.717, 1.165) is 95.8 Å².